The Balaban J connectivity index is 1.13. The van der Waals surface area contributed by atoms with Crippen molar-refractivity contribution in [2.75, 3.05) is 0 Å². The van der Waals surface area contributed by atoms with Crippen molar-refractivity contribution in [2.24, 2.45) is 0 Å². The van der Waals surface area contributed by atoms with E-state index in [1.807, 2.05) is 46.1 Å². The molecule has 8 heteroatoms. The Kier molecular flexibility index (Phi) is 4.81. The molecule has 0 atom stereocenters. The number of hydrogen-bond donors (Lipinski definition) is 0. The second-order valence-electron chi connectivity index (χ2n) is 8.41. The van der Waals surface area contributed by atoms with Crippen LogP contribution < -0.4 is 0 Å². The zero-order valence-corrected chi connectivity index (χ0v) is 18.9. The lowest BCUT2D eigenvalue weighted by Crippen LogP contribution is -2.01. The fourth-order valence-electron chi connectivity index (χ4n) is 4.14. The van der Waals surface area contributed by atoms with Crippen LogP contribution in [0.4, 0.5) is 0 Å². The molecule has 5 heterocycles. The largest absolute Gasteiger partial charge is 0.306 e. The van der Waals surface area contributed by atoms with Gasteiger partial charge in [-0.15, -0.1) is 0 Å². The molecule has 0 radical (unpaired) electrons. The number of aryl methyl sites for hydroxylation is 1. The maximum atomic E-state index is 6.14. The summed E-state index contributed by atoms with van der Waals surface area (Å²) in [5.41, 5.74) is 6.35. The Morgan fingerprint density at radius 3 is 2.91 bits per heavy atom. The summed E-state index contributed by atoms with van der Waals surface area (Å²) in [5.74, 6) is 0.733. The van der Waals surface area contributed by atoms with Gasteiger partial charge < -0.3 is 8.80 Å². The van der Waals surface area contributed by atoms with Crippen LogP contribution in [0.2, 0.25) is 5.02 Å². The predicted molar refractivity (Wildman–Crippen MR) is 129 cm³/mol. The molecule has 0 N–H and O–H groups in total. The number of thiocarbonyl (C=S) groups is 1. The molecule has 1 saturated carbocycles. The molecular weight excluding hydrogens is 440 g/mol. The summed E-state index contributed by atoms with van der Waals surface area (Å²) in [6, 6.07) is 8.10. The van der Waals surface area contributed by atoms with Crippen molar-refractivity contribution in [2.45, 2.75) is 38.1 Å². The first-order chi connectivity index (χ1) is 15.6. The highest BCUT2D eigenvalue weighted by Gasteiger charge is 2.23. The Hall–Kier alpha value is -3.03. The fraction of sp³-hybridized carbons (Fsp3) is 0.250. The van der Waals surface area contributed by atoms with Gasteiger partial charge in [-0.1, -0.05) is 29.9 Å². The van der Waals surface area contributed by atoms with Crippen LogP contribution in [0.25, 0.3) is 11.2 Å². The van der Waals surface area contributed by atoms with Crippen LogP contribution in [-0.2, 0) is 13.0 Å². The van der Waals surface area contributed by atoms with Gasteiger partial charge in [0.15, 0.2) is 0 Å². The number of pyridine rings is 2. The summed E-state index contributed by atoms with van der Waals surface area (Å²) in [5, 5.41) is 5.21. The van der Waals surface area contributed by atoms with Gasteiger partial charge in [0, 0.05) is 40.2 Å². The van der Waals surface area contributed by atoms with Crippen molar-refractivity contribution >= 4 is 39.8 Å². The summed E-state index contributed by atoms with van der Waals surface area (Å²) >= 11 is 11.8. The average Bonchev–Trinajstić information content (AvgIpc) is 3.21. The van der Waals surface area contributed by atoms with Crippen LogP contribution in [0.5, 0.6) is 0 Å². The van der Waals surface area contributed by atoms with Crippen LogP contribution in [-0.4, -0.2) is 33.4 Å². The quantitative estimate of drug-likeness (QED) is 0.250. The van der Waals surface area contributed by atoms with E-state index in [1.165, 1.54) is 18.4 Å². The monoisotopic (exact) mass is 460 g/mol. The van der Waals surface area contributed by atoms with Gasteiger partial charge in [0.05, 0.1) is 36.0 Å². The van der Waals surface area contributed by atoms with Crippen LogP contribution in [0, 0.1) is 0 Å². The van der Waals surface area contributed by atoms with Gasteiger partial charge in [-0.25, -0.2) is 9.97 Å². The molecule has 32 heavy (non-hydrogen) atoms. The number of fused-ring (bicyclic) bond motifs is 2. The normalized spacial score (nSPS) is 13.9. The summed E-state index contributed by atoms with van der Waals surface area (Å²) in [6.07, 6.45) is 16.0. The average molecular weight is 461 g/mol. The third kappa shape index (κ3) is 3.82. The molecule has 160 valence electrons. The van der Waals surface area contributed by atoms with Crippen LogP contribution in [0.1, 0.15) is 47.7 Å². The lowest BCUT2D eigenvalue weighted by molar-refractivity contribution is 0.676. The number of nitrogens with zero attached hydrogens (tertiary/aromatic N) is 6. The molecule has 0 amide bonds. The second-order valence-corrected chi connectivity index (χ2v) is 9.34. The van der Waals surface area contributed by atoms with E-state index < -0.39 is 0 Å². The van der Waals surface area contributed by atoms with E-state index in [-0.39, 0.29) is 0 Å². The minimum atomic E-state index is 0.618. The maximum absolute atomic E-state index is 6.14. The lowest BCUT2D eigenvalue weighted by Gasteiger charge is -2.01. The van der Waals surface area contributed by atoms with Crippen LogP contribution in [0.15, 0.2) is 61.6 Å². The predicted octanol–water partition coefficient (Wildman–Crippen LogP) is 5.11. The fourth-order valence-corrected chi connectivity index (χ4v) is 4.51. The molecule has 1 fully saturated rings. The van der Waals surface area contributed by atoms with Crippen molar-refractivity contribution < 1.29 is 0 Å². The number of rotatable bonds is 7. The third-order valence-electron chi connectivity index (χ3n) is 6.02. The van der Waals surface area contributed by atoms with E-state index in [0.717, 1.165) is 51.7 Å². The maximum Gasteiger partial charge on any atom is 0.137 e. The highest BCUT2D eigenvalue weighted by atomic mass is 35.5. The van der Waals surface area contributed by atoms with Gasteiger partial charge in [0.2, 0.25) is 0 Å². The molecule has 5 aromatic heterocycles. The number of hydrogen-bond acceptors (Lipinski definition) is 4. The standard InChI is InChI=1S/C24H21ClN6S/c25-19-7-8-29-15-26-21(22(29)9-19)4-5-23(32)18-10-27-31(12-18)14-20-13-30-11-17(16-1-2-16)3-6-24(30)28-20/h3,6-13,15-16H,1-2,4-5,14H2. The minimum Gasteiger partial charge on any atom is -0.306 e. The van der Waals surface area contributed by atoms with Gasteiger partial charge >= 0.3 is 0 Å². The van der Waals surface area contributed by atoms with Crippen molar-refractivity contribution in [1.29, 1.82) is 0 Å². The van der Waals surface area contributed by atoms with Gasteiger partial charge in [0.25, 0.3) is 0 Å². The number of halogens is 1. The van der Waals surface area contributed by atoms with Crippen molar-refractivity contribution in [1.82, 2.24) is 28.5 Å². The van der Waals surface area contributed by atoms with Gasteiger partial charge in [-0.05, 0) is 55.4 Å². The van der Waals surface area contributed by atoms with Crippen LogP contribution >= 0.6 is 23.8 Å². The number of aromatic nitrogens is 6. The third-order valence-corrected chi connectivity index (χ3v) is 6.70. The van der Waals surface area contributed by atoms with Crippen molar-refractivity contribution in [3.63, 3.8) is 0 Å². The highest BCUT2D eigenvalue weighted by molar-refractivity contribution is 7.80. The summed E-state index contributed by atoms with van der Waals surface area (Å²) in [6.45, 7) is 0.618. The van der Waals surface area contributed by atoms with Crippen molar-refractivity contribution in [3.05, 3.63) is 89.1 Å². The van der Waals surface area contributed by atoms with E-state index in [0.29, 0.717) is 11.6 Å². The Morgan fingerprint density at radius 2 is 2.03 bits per heavy atom. The first-order valence-electron chi connectivity index (χ1n) is 10.8. The molecule has 1 aliphatic carbocycles. The number of imidazole rings is 2. The molecule has 0 saturated heterocycles. The lowest BCUT2D eigenvalue weighted by atomic mass is 10.1. The highest BCUT2D eigenvalue weighted by Crippen LogP contribution is 2.39. The Labute approximate surface area is 195 Å². The van der Waals surface area contributed by atoms with E-state index in [4.69, 9.17) is 28.8 Å². The zero-order chi connectivity index (χ0) is 21.7. The van der Waals surface area contributed by atoms with E-state index in [9.17, 15) is 0 Å². The van der Waals surface area contributed by atoms with Crippen LogP contribution in [0.3, 0.4) is 0 Å². The van der Waals surface area contributed by atoms with E-state index in [1.54, 1.807) is 0 Å². The molecule has 0 aliphatic heterocycles. The molecule has 0 aromatic carbocycles. The second kappa shape index (κ2) is 7.83. The summed E-state index contributed by atoms with van der Waals surface area (Å²) in [4.78, 5) is 10.1. The molecule has 6 nitrogen and oxygen atoms in total. The van der Waals surface area contributed by atoms with Gasteiger partial charge in [-0.2, -0.15) is 5.10 Å². The molecule has 6 rings (SSSR count). The van der Waals surface area contributed by atoms with E-state index in [2.05, 4.69) is 39.0 Å². The molecular formula is C24H21ClN6S. The van der Waals surface area contributed by atoms with E-state index >= 15 is 0 Å². The smallest absolute Gasteiger partial charge is 0.137 e. The topological polar surface area (TPSA) is 52.4 Å². The molecule has 1 aliphatic rings. The molecule has 5 aromatic rings. The Morgan fingerprint density at radius 1 is 1.12 bits per heavy atom. The minimum absolute atomic E-state index is 0.618. The molecule has 0 unspecified atom stereocenters. The Bertz CT molecular complexity index is 1460. The first kappa shape index (κ1) is 19.6. The molecule has 0 bridgehead atoms. The first-order valence-corrected chi connectivity index (χ1v) is 11.6. The van der Waals surface area contributed by atoms with Gasteiger partial charge in [0.1, 0.15) is 5.65 Å². The molecule has 0 spiro atoms. The summed E-state index contributed by atoms with van der Waals surface area (Å²) in [7, 11) is 0. The van der Waals surface area contributed by atoms with Gasteiger partial charge in [-0.3, -0.25) is 4.68 Å². The summed E-state index contributed by atoms with van der Waals surface area (Å²) < 4.78 is 6.00. The zero-order valence-electron chi connectivity index (χ0n) is 17.4. The SMILES string of the molecule is S=C(CCc1ncn2ccc(Cl)cc12)c1cnn(Cc2cn3cc(C4CC4)ccc3n2)c1. The van der Waals surface area contributed by atoms with Crippen molar-refractivity contribution in [3.8, 4) is 0 Å².